The molecule has 0 atom stereocenters. The summed E-state index contributed by atoms with van der Waals surface area (Å²) in [5, 5.41) is 9.19. The molecule has 1 aromatic carbocycles. The van der Waals surface area contributed by atoms with E-state index in [1.165, 1.54) is 34.8 Å². The second-order valence-corrected chi connectivity index (χ2v) is 8.56. The summed E-state index contributed by atoms with van der Waals surface area (Å²) >= 11 is 0. The summed E-state index contributed by atoms with van der Waals surface area (Å²) in [6.45, 7) is 1.35. The first kappa shape index (κ1) is 25.0. The van der Waals surface area contributed by atoms with Crippen LogP contribution in [0.25, 0.3) is 0 Å². The molecule has 1 saturated heterocycles. The molecule has 1 aliphatic rings. The van der Waals surface area contributed by atoms with Crippen LogP contribution >= 0.6 is 24.0 Å². The first-order valence-corrected chi connectivity index (χ1v) is 10.9. The van der Waals surface area contributed by atoms with E-state index < -0.39 is 15.8 Å². The average molecular weight is 566 g/mol. The minimum atomic E-state index is -3.50. The highest BCUT2D eigenvalue weighted by Crippen LogP contribution is 2.13. The van der Waals surface area contributed by atoms with Gasteiger partial charge in [0.05, 0.1) is 12.2 Å². The second-order valence-electron chi connectivity index (χ2n) is 6.59. The zero-order valence-electron chi connectivity index (χ0n) is 16.8. The van der Waals surface area contributed by atoms with Crippen LogP contribution in [0.15, 0.2) is 46.1 Å². The Labute approximate surface area is 196 Å². The molecule has 0 saturated carbocycles. The van der Waals surface area contributed by atoms with Crippen LogP contribution in [-0.4, -0.2) is 74.4 Å². The number of aromatic nitrogens is 1. The van der Waals surface area contributed by atoms with Crippen LogP contribution in [0.5, 0.6) is 0 Å². The zero-order chi connectivity index (χ0) is 21.6. The number of anilines is 1. The number of rotatable bonds is 6. The maximum absolute atomic E-state index is 13.2. The van der Waals surface area contributed by atoms with Gasteiger partial charge in [-0.2, -0.15) is 4.31 Å². The van der Waals surface area contributed by atoms with Gasteiger partial charge in [0.2, 0.25) is 15.9 Å². The van der Waals surface area contributed by atoms with E-state index in [0.717, 1.165) is 0 Å². The van der Waals surface area contributed by atoms with Crippen LogP contribution in [0.4, 0.5) is 10.1 Å². The van der Waals surface area contributed by atoms with E-state index in [1.807, 2.05) is 4.90 Å². The highest BCUT2D eigenvalue weighted by Gasteiger charge is 2.29. The molecule has 3 rings (SSSR count). The molecule has 170 valence electrons. The quantitative estimate of drug-likeness (QED) is 0.305. The molecule has 1 aliphatic heterocycles. The highest BCUT2D eigenvalue weighted by atomic mass is 127. The normalized spacial score (nSPS) is 15.3. The van der Waals surface area contributed by atoms with Crippen molar-refractivity contribution in [2.75, 3.05) is 45.1 Å². The van der Waals surface area contributed by atoms with Crippen LogP contribution in [-0.2, 0) is 20.6 Å². The van der Waals surface area contributed by atoms with E-state index in [4.69, 9.17) is 0 Å². The average Bonchev–Trinajstić information content (AvgIpc) is 3.21. The number of carbonyl (C=O) groups excluding carboxylic acids is 1. The number of benzene rings is 1. The SMILES string of the molecule is CN=C(NCC(=O)Nc1cccc(F)c1)N1CCN(S(=O)(=O)Cc2ccon2)CC1.I. The van der Waals surface area contributed by atoms with Crippen molar-refractivity contribution in [2.24, 2.45) is 4.99 Å². The van der Waals surface area contributed by atoms with Gasteiger partial charge in [-0.3, -0.25) is 9.79 Å². The smallest absolute Gasteiger partial charge is 0.243 e. The molecule has 0 bridgehead atoms. The Morgan fingerprint density at radius 3 is 2.61 bits per heavy atom. The molecule has 31 heavy (non-hydrogen) atoms. The topological polar surface area (TPSA) is 120 Å². The number of piperazine rings is 1. The molecule has 0 aliphatic carbocycles. The molecule has 2 heterocycles. The van der Waals surface area contributed by atoms with E-state index in [-0.39, 0.29) is 55.3 Å². The van der Waals surface area contributed by atoms with Gasteiger partial charge >= 0.3 is 0 Å². The molecule has 13 heteroatoms. The molecule has 1 fully saturated rings. The molecule has 1 amide bonds. The Morgan fingerprint density at radius 1 is 1.26 bits per heavy atom. The molecule has 0 spiro atoms. The summed E-state index contributed by atoms with van der Waals surface area (Å²) in [5.41, 5.74) is 0.724. The lowest BCUT2D eigenvalue weighted by molar-refractivity contribution is -0.115. The fourth-order valence-electron chi connectivity index (χ4n) is 3.03. The third kappa shape index (κ3) is 7.14. The van der Waals surface area contributed by atoms with Crippen molar-refractivity contribution in [1.82, 2.24) is 19.7 Å². The van der Waals surface area contributed by atoms with E-state index >= 15 is 0 Å². The predicted octanol–water partition coefficient (Wildman–Crippen LogP) is 1.09. The summed E-state index contributed by atoms with van der Waals surface area (Å²) in [7, 11) is -1.91. The number of amides is 1. The Balaban J connectivity index is 0.00000341. The number of halogens is 2. The number of guanidine groups is 1. The Bertz CT molecular complexity index is 994. The summed E-state index contributed by atoms with van der Waals surface area (Å²) in [6, 6.07) is 7.14. The standard InChI is InChI=1S/C18H23FN6O4S.HI/c1-20-18(21-12-17(26)22-15-4-2-3-14(19)11-15)24-6-8-25(9-7-24)30(27,28)13-16-5-10-29-23-16;/h2-5,10-11H,6-9,12-13H2,1H3,(H,20,21)(H,22,26);1H. The summed E-state index contributed by atoms with van der Waals surface area (Å²) < 4.78 is 44.3. The second kappa shape index (κ2) is 11.4. The summed E-state index contributed by atoms with van der Waals surface area (Å²) in [6.07, 6.45) is 1.34. The third-order valence-corrected chi connectivity index (χ3v) is 6.29. The van der Waals surface area contributed by atoms with Gasteiger partial charge in [-0.25, -0.2) is 12.8 Å². The third-order valence-electron chi connectivity index (χ3n) is 4.48. The van der Waals surface area contributed by atoms with Gasteiger partial charge in [-0.1, -0.05) is 11.2 Å². The van der Waals surface area contributed by atoms with E-state index in [9.17, 15) is 17.6 Å². The first-order valence-electron chi connectivity index (χ1n) is 9.25. The number of hydrogen-bond donors (Lipinski definition) is 2. The van der Waals surface area contributed by atoms with E-state index in [1.54, 1.807) is 13.1 Å². The number of hydrogen-bond acceptors (Lipinski definition) is 6. The van der Waals surface area contributed by atoms with Gasteiger partial charge < -0.3 is 20.1 Å². The molecule has 2 aromatic rings. The Kier molecular flexibility index (Phi) is 9.18. The predicted molar refractivity (Wildman–Crippen MR) is 124 cm³/mol. The molecule has 1 aromatic heterocycles. The molecular weight excluding hydrogens is 542 g/mol. The lowest BCUT2D eigenvalue weighted by Crippen LogP contribution is -2.54. The lowest BCUT2D eigenvalue weighted by atomic mass is 10.3. The van der Waals surface area contributed by atoms with Gasteiger partial charge in [0.25, 0.3) is 0 Å². The monoisotopic (exact) mass is 566 g/mol. The fourth-order valence-corrected chi connectivity index (χ4v) is 4.46. The van der Waals surface area contributed by atoms with Crippen molar-refractivity contribution >= 4 is 51.6 Å². The van der Waals surface area contributed by atoms with Crippen LogP contribution in [0.3, 0.4) is 0 Å². The van der Waals surface area contributed by atoms with Crippen molar-refractivity contribution in [2.45, 2.75) is 5.75 Å². The number of nitrogens with one attached hydrogen (secondary N) is 2. The van der Waals surface area contributed by atoms with Gasteiger partial charge in [-0.15, -0.1) is 24.0 Å². The Hall–Kier alpha value is -2.26. The fraction of sp³-hybridized carbons (Fsp3) is 0.389. The highest BCUT2D eigenvalue weighted by molar-refractivity contribution is 14.0. The van der Waals surface area contributed by atoms with Gasteiger partial charge in [0.15, 0.2) is 5.96 Å². The molecule has 2 N–H and O–H groups in total. The minimum absolute atomic E-state index is 0. The van der Waals surface area contributed by atoms with Crippen LogP contribution in [0.2, 0.25) is 0 Å². The summed E-state index contributed by atoms with van der Waals surface area (Å²) in [5.74, 6) is -0.516. The van der Waals surface area contributed by atoms with Crippen molar-refractivity contribution in [3.8, 4) is 0 Å². The minimum Gasteiger partial charge on any atom is -0.364 e. The van der Waals surface area contributed by atoms with Crippen LogP contribution < -0.4 is 10.6 Å². The number of carbonyl (C=O) groups is 1. The maximum Gasteiger partial charge on any atom is 0.243 e. The van der Waals surface area contributed by atoms with Gasteiger partial charge in [-0.05, 0) is 18.2 Å². The van der Waals surface area contributed by atoms with Crippen molar-refractivity contribution in [3.05, 3.63) is 48.1 Å². The number of aliphatic imine (C=N–C) groups is 1. The molecule has 0 radical (unpaired) electrons. The van der Waals surface area contributed by atoms with Crippen LogP contribution in [0.1, 0.15) is 5.69 Å². The molecule has 0 unspecified atom stereocenters. The maximum atomic E-state index is 13.2. The van der Waals surface area contributed by atoms with Crippen molar-refractivity contribution in [1.29, 1.82) is 0 Å². The van der Waals surface area contributed by atoms with Gasteiger partial charge in [0.1, 0.15) is 17.8 Å². The van der Waals surface area contributed by atoms with Crippen molar-refractivity contribution in [3.63, 3.8) is 0 Å². The molecule has 10 nitrogen and oxygen atoms in total. The lowest BCUT2D eigenvalue weighted by Gasteiger charge is -2.35. The largest absolute Gasteiger partial charge is 0.364 e. The van der Waals surface area contributed by atoms with E-state index in [0.29, 0.717) is 30.4 Å². The van der Waals surface area contributed by atoms with Gasteiger partial charge in [0, 0.05) is 45.0 Å². The molecular formula is C18H24FIN6O4S. The first-order chi connectivity index (χ1) is 14.4. The number of nitrogens with zero attached hydrogens (tertiary/aromatic N) is 4. The van der Waals surface area contributed by atoms with Crippen molar-refractivity contribution < 1.29 is 22.1 Å². The van der Waals surface area contributed by atoms with E-state index in [2.05, 4.69) is 25.3 Å². The number of sulfonamides is 1. The Morgan fingerprint density at radius 2 is 2.00 bits per heavy atom. The van der Waals surface area contributed by atoms with Crippen LogP contribution in [0, 0.1) is 5.82 Å². The zero-order valence-corrected chi connectivity index (χ0v) is 20.0. The summed E-state index contributed by atoms with van der Waals surface area (Å²) in [4.78, 5) is 18.1.